The third-order valence-corrected chi connectivity index (χ3v) is 2.46. The van der Waals surface area contributed by atoms with E-state index in [1.54, 1.807) is 26.0 Å². The second-order valence-corrected chi connectivity index (χ2v) is 3.96. The summed E-state index contributed by atoms with van der Waals surface area (Å²) in [6.07, 6.45) is -0.988. The van der Waals surface area contributed by atoms with E-state index in [4.69, 9.17) is 19.9 Å². The summed E-state index contributed by atoms with van der Waals surface area (Å²) < 4.78 is 15.1. The van der Waals surface area contributed by atoms with Crippen molar-refractivity contribution in [1.29, 1.82) is 0 Å². The number of esters is 2. The molecule has 0 amide bonds. The molecule has 0 heterocycles. The molecule has 6 heteroatoms. The Bertz CT molecular complexity index is 486. The minimum Gasteiger partial charge on any atom is -0.491 e. The van der Waals surface area contributed by atoms with Gasteiger partial charge in [-0.3, -0.25) is 0 Å². The van der Waals surface area contributed by atoms with Crippen LogP contribution in [0.1, 0.15) is 31.1 Å². The standard InChI is InChI=1S/C14H19NO5/c1-4-18-12-10(7-6-8-11(12)15)14(17)20-9(3)13(16)19-5-2/h6-9H,4-5,15H2,1-3H3. The van der Waals surface area contributed by atoms with Crippen molar-refractivity contribution >= 4 is 17.6 Å². The third-order valence-electron chi connectivity index (χ3n) is 2.46. The largest absolute Gasteiger partial charge is 0.491 e. The quantitative estimate of drug-likeness (QED) is 0.631. The zero-order valence-corrected chi connectivity index (χ0v) is 11.8. The molecule has 0 aliphatic heterocycles. The van der Waals surface area contributed by atoms with Gasteiger partial charge in [-0.1, -0.05) is 6.07 Å². The predicted molar refractivity (Wildman–Crippen MR) is 73.5 cm³/mol. The van der Waals surface area contributed by atoms with Crippen molar-refractivity contribution in [2.75, 3.05) is 18.9 Å². The van der Waals surface area contributed by atoms with Gasteiger partial charge in [-0.05, 0) is 32.9 Å². The van der Waals surface area contributed by atoms with Crippen LogP contribution in [0.2, 0.25) is 0 Å². The summed E-state index contributed by atoms with van der Waals surface area (Å²) in [5, 5.41) is 0. The molecule has 1 aromatic carbocycles. The summed E-state index contributed by atoms with van der Waals surface area (Å²) in [5.74, 6) is -1.01. The maximum absolute atomic E-state index is 12.0. The van der Waals surface area contributed by atoms with E-state index in [9.17, 15) is 9.59 Å². The van der Waals surface area contributed by atoms with Crippen LogP contribution in [-0.2, 0) is 14.3 Å². The molecular weight excluding hydrogens is 262 g/mol. The first-order valence-electron chi connectivity index (χ1n) is 6.40. The normalized spacial score (nSPS) is 11.6. The average molecular weight is 281 g/mol. The molecule has 20 heavy (non-hydrogen) atoms. The SMILES string of the molecule is CCOC(=O)C(C)OC(=O)c1cccc(N)c1OCC. The molecule has 0 fully saturated rings. The van der Waals surface area contributed by atoms with Crippen LogP contribution in [0.4, 0.5) is 5.69 Å². The van der Waals surface area contributed by atoms with Crippen molar-refractivity contribution in [1.82, 2.24) is 0 Å². The lowest BCUT2D eigenvalue weighted by atomic mass is 10.1. The molecule has 2 N–H and O–H groups in total. The highest BCUT2D eigenvalue weighted by Crippen LogP contribution is 2.27. The summed E-state index contributed by atoms with van der Waals surface area (Å²) in [7, 11) is 0. The number of nitrogens with two attached hydrogens (primary N) is 1. The monoisotopic (exact) mass is 281 g/mol. The van der Waals surface area contributed by atoms with Crippen molar-refractivity contribution in [2.24, 2.45) is 0 Å². The van der Waals surface area contributed by atoms with Gasteiger partial charge in [0.1, 0.15) is 5.56 Å². The first-order chi connectivity index (χ1) is 9.51. The highest BCUT2D eigenvalue weighted by atomic mass is 16.6. The Hall–Kier alpha value is -2.24. The molecule has 1 aromatic rings. The molecule has 0 bridgehead atoms. The molecule has 6 nitrogen and oxygen atoms in total. The Labute approximate surface area is 117 Å². The van der Waals surface area contributed by atoms with Gasteiger partial charge in [0.05, 0.1) is 18.9 Å². The number of rotatable bonds is 6. The summed E-state index contributed by atoms with van der Waals surface area (Å²) >= 11 is 0. The highest BCUT2D eigenvalue weighted by Gasteiger charge is 2.23. The van der Waals surface area contributed by atoms with Gasteiger partial charge < -0.3 is 19.9 Å². The van der Waals surface area contributed by atoms with E-state index in [-0.39, 0.29) is 17.9 Å². The maximum atomic E-state index is 12.0. The van der Waals surface area contributed by atoms with Crippen LogP contribution in [0.25, 0.3) is 0 Å². The fourth-order valence-corrected chi connectivity index (χ4v) is 1.55. The van der Waals surface area contributed by atoms with E-state index < -0.39 is 18.0 Å². The number of hydrogen-bond donors (Lipinski definition) is 1. The van der Waals surface area contributed by atoms with Gasteiger partial charge >= 0.3 is 11.9 Å². The zero-order chi connectivity index (χ0) is 15.1. The number of hydrogen-bond acceptors (Lipinski definition) is 6. The number of anilines is 1. The fourth-order valence-electron chi connectivity index (χ4n) is 1.55. The van der Waals surface area contributed by atoms with Crippen molar-refractivity contribution in [3.63, 3.8) is 0 Å². The molecule has 0 radical (unpaired) electrons. The molecule has 110 valence electrons. The van der Waals surface area contributed by atoms with Gasteiger partial charge in [-0.25, -0.2) is 9.59 Å². The maximum Gasteiger partial charge on any atom is 0.347 e. The van der Waals surface area contributed by atoms with Gasteiger partial charge in [0.25, 0.3) is 0 Å². The second-order valence-electron chi connectivity index (χ2n) is 3.96. The van der Waals surface area contributed by atoms with Crippen LogP contribution in [0.15, 0.2) is 18.2 Å². The van der Waals surface area contributed by atoms with Crippen molar-refractivity contribution in [2.45, 2.75) is 26.9 Å². The van der Waals surface area contributed by atoms with E-state index >= 15 is 0 Å². The van der Waals surface area contributed by atoms with Gasteiger partial charge in [-0.2, -0.15) is 0 Å². The van der Waals surface area contributed by atoms with E-state index in [0.29, 0.717) is 12.3 Å². The van der Waals surface area contributed by atoms with Gasteiger partial charge in [-0.15, -0.1) is 0 Å². The number of carbonyl (C=O) groups excluding carboxylic acids is 2. The van der Waals surface area contributed by atoms with Crippen LogP contribution in [-0.4, -0.2) is 31.3 Å². The van der Waals surface area contributed by atoms with Gasteiger partial charge in [0.2, 0.25) is 0 Å². The van der Waals surface area contributed by atoms with Crippen LogP contribution in [0, 0.1) is 0 Å². The molecule has 1 rings (SSSR count). The predicted octanol–water partition coefficient (Wildman–Crippen LogP) is 1.78. The third kappa shape index (κ3) is 3.88. The smallest absolute Gasteiger partial charge is 0.347 e. The van der Waals surface area contributed by atoms with E-state index in [0.717, 1.165) is 0 Å². The van der Waals surface area contributed by atoms with E-state index in [1.807, 2.05) is 0 Å². The Kier molecular flexibility index (Phi) is 5.83. The Morgan fingerprint density at radius 3 is 2.55 bits per heavy atom. The first kappa shape index (κ1) is 15.8. The van der Waals surface area contributed by atoms with E-state index in [1.165, 1.54) is 13.0 Å². The molecule has 0 aliphatic rings. The van der Waals surface area contributed by atoms with Gasteiger partial charge in [0, 0.05) is 0 Å². The van der Waals surface area contributed by atoms with Crippen molar-refractivity contribution < 1.29 is 23.8 Å². The number of nitrogen functional groups attached to an aromatic ring is 1. The molecule has 1 atom stereocenters. The fraction of sp³-hybridized carbons (Fsp3) is 0.429. The molecular formula is C14H19NO5. The van der Waals surface area contributed by atoms with Crippen LogP contribution in [0.5, 0.6) is 5.75 Å². The molecule has 0 aromatic heterocycles. The van der Waals surface area contributed by atoms with Crippen molar-refractivity contribution in [3.05, 3.63) is 23.8 Å². The zero-order valence-electron chi connectivity index (χ0n) is 11.8. The number of ether oxygens (including phenoxy) is 3. The summed E-state index contributed by atoms with van der Waals surface area (Å²) in [6, 6.07) is 4.77. The Morgan fingerprint density at radius 2 is 1.95 bits per heavy atom. The Morgan fingerprint density at radius 1 is 1.25 bits per heavy atom. The lowest BCUT2D eigenvalue weighted by Gasteiger charge is -2.15. The lowest BCUT2D eigenvalue weighted by molar-refractivity contribution is -0.152. The summed E-state index contributed by atoms with van der Waals surface area (Å²) in [5.41, 5.74) is 6.28. The Balaban J connectivity index is 2.87. The molecule has 1 unspecified atom stereocenters. The van der Waals surface area contributed by atoms with Crippen LogP contribution < -0.4 is 10.5 Å². The number of benzene rings is 1. The minimum atomic E-state index is -0.988. The van der Waals surface area contributed by atoms with Crippen LogP contribution in [0.3, 0.4) is 0 Å². The molecule has 0 spiro atoms. The number of carbonyl (C=O) groups is 2. The molecule has 0 saturated heterocycles. The van der Waals surface area contributed by atoms with Gasteiger partial charge in [0.15, 0.2) is 11.9 Å². The topological polar surface area (TPSA) is 87.9 Å². The summed E-state index contributed by atoms with van der Waals surface area (Å²) in [4.78, 5) is 23.5. The lowest BCUT2D eigenvalue weighted by Crippen LogP contribution is -2.26. The second kappa shape index (κ2) is 7.37. The van der Waals surface area contributed by atoms with E-state index in [2.05, 4.69) is 0 Å². The molecule has 0 saturated carbocycles. The number of para-hydroxylation sites is 1. The summed E-state index contributed by atoms with van der Waals surface area (Å²) in [6.45, 7) is 5.49. The highest BCUT2D eigenvalue weighted by molar-refractivity contribution is 5.95. The van der Waals surface area contributed by atoms with Crippen molar-refractivity contribution in [3.8, 4) is 5.75 Å². The average Bonchev–Trinajstić information content (AvgIpc) is 2.41. The first-order valence-corrected chi connectivity index (χ1v) is 6.40. The minimum absolute atomic E-state index is 0.183. The molecule has 0 aliphatic carbocycles. The van der Waals surface area contributed by atoms with Crippen LogP contribution >= 0.6 is 0 Å².